The molecule has 3 rings (SSSR count). The van der Waals surface area contributed by atoms with Gasteiger partial charge >= 0.3 is 6.18 Å². The summed E-state index contributed by atoms with van der Waals surface area (Å²) in [6.45, 7) is 1.66. The Morgan fingerprint density at radius 1 is 1.19 bits per heavy atom. The number of imidazole rings is 1. The van der Waals surface area contributed by atoms with Crippen LogP contribution in [0.1, 0.15) is 24.6 Å². The summed E-state index contributed by atoms with van der Waals surface area (Å²) in [4.78, 5) is 4.20. The minimum atomic E-state index is -4.32. The summed E-state index contributed by atoms with van der Waals surface area (Å²) in [6.07, 6.45) is -1.74. The van der Waals surface area contributed by atoms with Gasteiger partial charge in [0, 0.05) is 11.8 Å². The molecule has 1 aliphatic carbocycles. The molecule has 1 aromatic heterocycles. The molecule has 1 saturated carbocycles. The van der Waals surface area contributed by atoms with Gasteiger partial charge in [0.25, 0.3) is 0 Å². The number of alkyl halides is 3. The molecule has 0 aliphatic heterocycles. The summed E-state index contributed by atoms with van der Waals surface area (Å²) in [7, 11) is 0. The predicted molar refractivity (Wildman–Crippen MR) is 70.2 cm³/mol. The van der Waals surface area contributed by atoms with E-state index in [9.17, 15) is 17.6 Å². The molecule has 2 nitrogen and oxygen atoms in total. The maximum Gasteiger partial charge on any atom is 0.409 e. The van der Waals surface area contributed by atoms with Crippen molar-refractivity contribution in [2.75, 3.05) is 0 Å². The minimum absolute atomic E-state index is 0.238. The molecular weight excluding hydrogens is 284 g/mol. The second-order valence-corrected chi connectivity index (χ2v) is 5.44. The van der Waals surface area contributed by atoms with E-state index in [0.29, 0.717) is 24.1 Å². The van der Waals surface area contributed by atoms with Gasteiger partial charge in [0.15, 0.2) is 0 Å². The Kier molecular flexibility index (Phi) is 3.26. The van der Waals surface area contributed by atoms with E-state index in [4.69, 9.17) is 0 Å². The number of nitrogens with zero attached hydrogens (tertiary/aromatic N) is 2. The van der Waals surface area contributed by atoms with Crippen LogP contribution in [0.5, 0.6) is 0 Å². The van der Waals surface area contributed by atoms with E-state index in [-0.39, 0.29) is 5.82 Å². The van der Waals surface area contributed by atoms with E-state index in [1.807, 2.05) is 0 Å². The lowest BCUT2D eigenvalue weighted by Gasteiger charge is -2.23. The Bertz CT molecular complexity index is 639. The number of hydrogen-bond donors (Lipinski definition) is 0. The number of benzene rings is 1. The average molecular weight is 298 g/mol. The smallest absolute Gasteiger partial charge is 0.318 e. The number of halogens is 4. The zero-order chi connectivity index (χ0) is 15.2. The van der Waals surface area contributed by atoms with Gasteiger partial charge in [-0.25, -0.2) is 9.37 Å². The highest BCUT2D eigenvalue weighted by Gasteiger charge is 2.50. The van der Waals surface area contributed by atoms with Crippen LogP contribution in [0.2, 0.25) is 0 Å². The van der Waals surface area contributed by atoms with E-state index >= 15 is 0 Å². The van der Waals surface area contributed by atoms with Crippen molar-refractivity contribution < 1.29 is 17.6 Å². The van der Waals surface area contributed by atoms with Gasteiger partial charge in [-0.2, -0.15) is 13.2 Å². The Morgan fingerprint density at radius 2 is 1.81 bits per heavy atom. The molecule has 0 radical (unpaired) electrons. The molecule has 0 amide bonds. The summed E-state index contributed by atoms with van der Waals surface area (Å²) >= 11 is 0. The highest BCUT2D eigenvalue weighted by atomic mass is 19.4. The van der Waals surface area contributed by atoms with Gasteiger partial charge in [0.1, 0.15) is 17.7 Å². The Morgan fingerprint density at radius 3 is 2.33 bits per heavy atom. The van der Waals surface area contributed by atoms with Crippen LogP contribution in [0.15, 0.2) is 30.5 Å². The van der Waals surface area contributed by atoms with E-state index in [2.05, 4.69) is 4.98 Å². The van der Waals surface area contributed by atoms with Crippen LogP contribution in [0.25, 0.3) is 11.4 Å². The maximum absolute atomic E-state index is 13.4. The van der Waals surface area contributed by atoms with Crippen molar-refractivity contribution in [2.45, 2.75) is 32.0 Å². The highest BCUT2D eigenvalue weighted by Crippen LogP contribution is 2.49. The topological polar surface area (TPSA) is 17.8 Å². The van der Waals surface area contributed by atoms with E-state index in [0.717, 1.165) is 0 Å². The Balaban J connectivity index is 2.08. The predicted octanol–water partition coefficient (Wildman–Crippen LogP) is 4.51. The molecule has 1 heterocycles. The molecule has 21 heavy (non-hydrogen) atoms. The van der Waals surface area contributed by atoms with E-state index < -0.39 is 24.0 Å². The highest BCUT2D eigenvalue weighted by molar-refractivity contribution is 5.56. The monoisotopic (exact) mass is 298 g/mol. The fourth-order valence-corrected chi connectivity index (χ4v) is 2.60. The number of hydrogen-bond acceptors (Lipinski definition) is 1. The Hall–Kier alpha value is -1.85. The normalized spacial score (nSPS) is 17.0. The first-order chi connectivity index (χ1) is 9.86. The van der Waals surface area contributed by atoms with Crippen molar-refractivity contribution >= 4 is 0 Å². The van der Waals surface area contributed by atoms with Crippen LogP contribution in [0.3, 0.4) is 0 Å². The van der Waals surface area contributed by atoms with E-state index in [1.165, 1.54) is 35.0 Å². The van der Waals surface area contributed by atoms with Crippen molar-refractivity contribution in [3.63, 3.8) is 0 Å². The molecule has 0 spiro atoms. The van der Waals surface area contributed by atoms with Crippen LogP contribution < -0.4 is 0 Å². The van der Waals surface area contributed by atoms with Crippen LogP contribution in [0.4, 0.5) is 17.6 Å². The maximum atomic E-state index is 13.4. The number of aryl methyl sites for hydroxylation is 1. The second-order valence-electron chi connectivity index (χ2n) is 5.44. The fraction of sp³-hybridized carbons (Fsp3) is 0.400. The third-order valence-electron chi connectivity index (χ3n) is 3.66. The summed E-state index contributed by atoms with van der Waals surface area (Å²) in [5.41, 5.74) is 1.00. The van der Waals surface area contributed by atoms with Gasteiger partial charge < -0.3 is 4.57 Å². The summed E-state index contributed by atoms with van der Waals surface area (Å²) < 4.78 is 54.3. The third-order valence-corrected chi connectivity index (χ3v) is 3.66. The van der Waals surface area contributed by atoms with Crippen LogP contribution >= 0.6 is 0 Å². The lowest BCUT2D eigenvalue weighted by atomic mass is 10.1. The zero-order valence-corrected chi connectivity index (χ0v) is 11.4. The van der Waals surface area contributed by atoms with Gasteiger partial charge in [-0.15, -0.1) is 0 Å². The van der Waals surface area contributed by atoms with Crippen molar-refractivity contribution in [1.82, 2.24) is 9.55 Å². The number of aromatic nitrogens is 2. The summed E-state index contributed by atoms with van der Waals surface area (Å²) in [5, 5.41) is 0. The quantitative estimate of drug-likeness (QED) is 0.762. The average Bonchev–Trinajstić information content (AvgIpc) is 3.12. The van der Waals surface area contributed by atoms with Gasteiger partial charge in [0.2, 0.25) is 0 Å². The lowest BCUT2D eigenvalue weighted by molar-refractivity contribution is -0.172. The molecule has 6 heteroatoms. The largest absolute Gasteiger partial charge is 0.409 e. The Labute approximate surface area is 119 Å². The molecule has 1 unspecified atom stereocenters. The molecule has 112 valence electrons. The summed E-state index contributed by atoms with van der Waals surface area (Å²) in [6, 6.07) is 3.80. The second kappa shape index (κ2) is 4.86. The first kappa shape index (κ1) is 14.1. The SMILES string of the molecule is Cc1cn(C(C2CC2)C(F)(F)F)c(-c2ccc(F)cc2)n1. The van der Waals surface area contributed by atoms with Gasteiger partial charge in [-0.3, -0.25) is 0 Å². The van der Waals surface area contributed by atoms with E-state index in [1.54, 1.807) is 6.92 Å². The molecular formula is C15H14F4N2. The first-order valence-corrected chi connectivity index (χ1v) is 6.74. The van der Waals surface area contributed by atoms with Crippen molar-refractivity contribution in [3.05, 3.63) is 42.0 Å². The molecule has 1 atom stereocenters. The third kappa shape index (κ3) is 2.80. The fourth-order valence-electron chi connectivity index (χ4n) is 2.60. The van der Waals surface area contributed by atoms with Crippen LogP contribution in [-0.4, -0.2) is 15.7 Å². The van der Waals surface area contributed by atoms with Crippen LogP contribution in [0, 0.1) is 18.7 Å². The van der Waals surface area contributed by atoms with Gasteiger partial charge in [-0.05, 0) is 49.9 Å². The molecule has 0 N–H and O–H groups in total. The number of rotatable bonds is 3. The van der Waals surface area contributed by atoms with Gasteiger partial charge in [0.05, 0.1) is 5.69 Å². The molecule has 1 aromatic carbocycles. The molecule has 2 aromatic rings. The lowest BCUT2D eigenvalue weighted by Crippen LogP contribution is -2.28. The van der Waals surface area contributed by atoms with Crippen molar-refractivity contribution in [3.8, 4) is 11.4 Å². The van der Waals surface area contributed by atoms with Crippen LogP contribution in [-0.2, 0) is 0 Å². The van der Waals surface area contributed by atoms with Crippen molar-refractivity contribution in [2.24, 2.45) is 5.92 Å². The molecule has 0 bridgehead atoms. The van der Waals surface area contributed by atoms with Crippen molar-refractivity contribution in [1.29, 1.82) is 0 Å². The van der Waals surface area contributed by atoms with Gasteiger partial charge in [-0.1, -0.05) is 0 Å². The molecule has 1 fully saturated rings. The molecule has 1 aliphatic rings. The summed E-state index contributed by atoms with van der Waals surface area (Å²) in [5.74, 6) is -0.581. The first-order valence-electron chi connectivity index (χ1n) is 6.74. The zero-order valence-electron chi connectivity index (χ0n) is 11.4. The minimum Gasteiger partial charge on any atom is -0.318 e. The molecule has 0 saturated heterocycles. The standard InChI is InChI=1S/C15H14F4N2/c1-9-8-21(13(10-2-3-10)15(17,18)19)14(20-9)11-4-6-12(16)7-5-11/h4-8,10,13H,2-3H2,1H3.